The monoisotopic (exact) mass is 552 g/mol. The second-order valence-corrected chi connectivity index (χ2v) is 13.5. The van der Waals surface area contributed by atoms with Crippen molar-refractivity contribution in [1.29, 1.82) is 0 Å². The lowest BCUT2D eigenvalue weighted by atomic mass is 9.72. The van der Waals surface area contributed by atoms with Crippen LogP contribution in [0.4, 0.5) is 4.39 Å². The zero-order valence-electron chi connectivity index (χ0n) is 24.9. The Morgan fingerprint density at radius 3 is 2.00 bits per heavy atom. The molecule has 2 aromatic carbocycles. The Morgan fingerprint density at radius 2 is 1.31 bits per heavy atom. The number of rotatable bonds is 14. The standard InChI is InChI=1S/C37H54ClF/c1-3-4-5-6-7-8-9-12-29-15-17-30(18-16-29)19-20-31-21-26-36(37(39)27-31)35-14-11-10-13-34(35)28(2)32-22-24-33(38)25-23-32/h10-11,13-14,22-25,28-31,36-37H,3-9,12,15-21,26-27H2,1-2H3. The highest BCUT2D eigenvalue weighted by Crippen LogP contribution is 2.44. The topological polar surface area (TPSA) is 0 Å². The van der Waals surface area contributed by atoms with Crippen molar-refractivity contribution >= 4 is 11.6 Å². The normalized spacial score (nSPS) is 26.4. The smallest absolute Gasteiger partial charge is 0.107 e. The van der Waals surface area contributed by atoms with Gasteiger partial charge >= 0.3 is 0 Å². The number of unbranched alkanes of at least 4 members (excludes halogenated alkanes) is 6. The van der Waals surface area contributed by atoms with Crippen molar-refractivity contribution in [2.75, 3.05) is 0 Å². The summed E-state index contributed by atoms with van der Waals surface area (Å²) >= 11 is 6.12. The van der Waals surface area contributed by atoms with E-state index in [0.29, 0.717) is 5.92 Å². The van der Waals surface area contributed by atoms with Gasteiger partial charge in [-0.25, -0.2) is 4.39 Å². The molecule has 0 heterocycles. The Labute approximate surface area is 244 Å². The second kappa shape index (κ2) is 16.2. The fraction of sp³-hybridized carbons (Fsp3) is 0.676. The minimum Gasteiger partial charge on any atom is -0.247 e. The fourth-order valence-corrected chi connectivity index (χ4v) is 7.78. The highest BCUT2D eigenvalue weighted by molar-refractivity contribution is 6.30. The van der Waals surface area contributed by atoms with Crippen molar-refractivity contribution in [3.8, 4) is 0 Å². The van der Waals surface area contributed by atoms with Gasteiger partial charge < -0.3 is 0 Å². The summed E-state index contributed by atoms with van der Waals surface area (Å²) in [4.78, 5) is 0. The first-order valence-corrected chi connectivity index (χ1v) is 16.9. The molecule has 0 aromatic heterocycles. The minimum absolute atomic E-state index is 0.0364. The summed E-state index contributed by atoms with van der Waals surface area (Å²) < 4.78 is 15.7. The molecular formula is C37H54ClF. The second-order valence-electron chi connectivity index (χ2n) is 13.1. The third-order valence-corrected chi connectivity index (χ3v) is 10.5. The molecule has 0 bridgehead atoms. The molecule has 216 valence electrons. The van der Waals surface area contributed by atoms with Gasteiger partial charge in [-0.3, -0.25) is 0 Å². The first kappa shape index (κ1) is 30.6. The van der Waals surface area contributed by atoms with Crippen LogP contribution in [0.25, 0.3) is 0 Å². The molecule has 0 radical (unpaired) electrons. The first-order valence-electron chi connectivity index (χ1n) is 16.5. The molecular weight excluding hydrogens is 499 g/mol. The van der Waals surface area contributed by atoms with Crippen molar-refractivity contribution in [2.24, 2.45) is 17.8 Å². The average molecular weight is 553 g/mol. The van der Waals surface area contributed by atoms with Gasteiger partial charge in [-0.05, 0) is 65.8 Å². The summed E-state index contributed by atoms with van der Waals surface area (Å²) in [6.45, 7) is 4.54. The van der Waals surface area contributed by atoms with Gasteiger partial charge in [0.15, 0.2) is 0 Å². The lowest BCUT2D eigenvalue weighted by Gasteiger charge is -2.35. The average Bonchev–Trinajstić information content (AvgIpc) is 2.96. The molecule has 4 atom stereocenters. The molecule has 0 amide bonds. The number of halogens is 2. The van der Waals surface area contributed by atoms with Crippen LogP contribution in [0.15, 0.2) is 48.5 Å². The van der Waals surface area contributed by atoms with E-state index >= 15 is 4.39 Å². The molecule has 2 saturated carbocycles. The maximum Gasteiger partial charge on any atom is 0.107 e. The molecule has 39 heavy (non-hydrogen) atoms. The van der Waals surface area contributed by atoms with Crippen LogP contribution in [-0.2, 0) is 0 Å². The molecule has 2 heteroatoms. The fourth-order valence-electron chi connectivity index (χ4n) is 7.65. The van der Waals surface area contributed by atoms with Crippen LogP contribution in [0.5, 0.6) is 0 Å². The predicted octanol–water partition coefficient (Wildman–Crippen LogP) is 12.4. The van der Waals surface area contributed by atoms with Gasteiger partial charge in [0, 0.05) is 16.9 Å². The van der Waals surface area contributed by atoms with Gasteiger partial charge in [0.25, 0.3) is 0 Å². The lowest BCUT2D eigenvalue weighted by Crippen LogP contribution is -2.26. The Bertz CT molecular complexity index is 944. The summed E-state index contributed by atoms with van der Waals surface area (Å²) in [5, 5.41) is 0.762. The molecule has 0 nitrogen and oxygen atoms in total. The van der Waals surface area contributed by atoms with Crippen LogP contribution in [0, 0.1) is 17.8 Å². The van der Waals surface area contributed by atoms with Crippen LogP contribution in [0.3, 0.4) is 0 Å². The summed E-state index contributed by atoms with van der Waals surface area (Å²) in [5.74, 6) is 2.73. The summed E-state index contributed by atoms with van der Waals surface area (Å²) in [5.41, 5.74) is 3.75. The summed E-state index contributed by atoms with van der Waals surface area (Å²) in [7, 11) is 0. The van der Waals surface area contributed by atoms with Crippen LogP contribution < -0.4 is 0 Å². The van der Waals surface area contributed by atoms with Crippen molar-refractivity contribution in [2.45, 2.75) is 141 Å². The van der Waals surface area contributed by atoms with E-state index in [2.05, 4.69) is 50.2 Å². The lowest BCUT2D eigenvalue weighted by molar-refractivity contribution is 0.152. The van der Waals surface area contributed by atoms with Crippen LogP contribution in [0.1, 0.15) is 152 Å². The molecule has 4 unspecified atom stereocenters. The van der Waals surface area contributed by atoms with E-state index in [1.165, 1.54) is 113 Å². The summed E-state index contributed by atoms with van der Waals surface area (Å²) in [6.07, 6.45) is 21.9. The Morgan fingerprint density at radius 1 is 0.718 bits per heavy atom. The number of benzene rings is 2. The largest absolute Gasteiger partial charge is 0.247 e. The molecule has 0 N–H and O–H groups in total. The predicted molar refractivity (Wildman–Crippen MR) is 168 cm³/mol. The molecule has 2 fully saturated rings. The molecule has 4 rings (SSSR count). The van der Waals surface area contributed by atoms with E-state index in [1.54, 1.807) is 0 Å². The van der Waals surface area contributed by atoms with E-state index in [1.807, 2.05) is 12.1 Å². The van der Waals surface area contributed by atoms with Gasteiger partial charge in [0.1, 0.15) is 6.17 Å². The highest BCUT2D eigenvalue weighted by atomic mass is 35.5. The van der Waals surface area contributed by atoms with E-state index in [-0.39, 0.29) is 11.8 Å². The minimum atomic E-state index is -0.722. The van der Waals surface area contributed by atoms with Crippen molar-refractivity contribution < 1.29 is 4.39 Å². The molecule has 2 aliphatic rings. The van der Waals surface area contributed by atoms with Crippen LogP contribution >= 0.6 is 11.6 Å². The SMILES string of the molecule is CCCCCCCCCC1CCC(CCC2CCC(c3ccccc3C(C)c3ccc(Cl)cc3)C(F)C2)CC1. The number of hydrogen-bond donors (Lipinski definition) is 0. The Hall–Kier alpha value is -1.34. The van der Waals surface area contributed by atoms with E-state index in [0.717, 1.165) is 29.7 Å². The molecule has 0 spiro atoms. The van der Waals surface area contributed by atoms with Crippen molar-refractivity contribution in [3.63, 3.8) is 0 Å². The zero-order valence-corrected chi connectivity index (χ0v) is 25.6. The maximum absolute atomic E-state index is 15.7. The van der Waals surface area contributed by atoms with Gasteiger partial charge in [0.2, 0.25) is 0 Å². The number of hydrogen-bond acceptors (Lipinski definition) is 0. The van der Waals surface area contributed by atoms with Crippen LogP contribution in [0.2, 0.25) is 5.02 Å². The third-order valence-electron chi connectivity index (χ3n) is 10.3. The Kier molecular flexibility index (Phi) is 12.7. The molecule has 0 saturated heterocycles. The Balaban J connectivity index is 1.18. The third kappa shape index (κ3) is 9.34. The van der Waals surface area contributed by atoms with Gasteiger partial charge in [-0.15, -0.1) is 0 Å². The maximum atomic E-state index is 15.7. The van der Waals surface area contributed by atoms with Gasteiger partial charge in [-0.2, -0.15) is 0 Å². The van der Waals surface area contributed by atoms with Crippen molar-refractivity contribution in [3.05, 3.63) is 70.2 Å². The van der Waals surface area contributed by atoms with Gasteiger partial charge in [0.05, 0.1) is 0 Å². The summed E-state index contributed by atoms with van der Waals surface area (Å²) in [6, 6.07) is 16.7. The first-order chi connectivity index (χ1) is 19.0. The van der Waals surface area contributed by atoms with Gasteiger partial charge in [-0.1, -0.05) is 152 Å². The molecule has 0 aliphatic heterocycles. The van der Waals surface area contributed by atoms with Crippen molar-refractivity contribution in [1.82, 2.24) is 0 Å². The molecule has 2 aromatic rings. The van der Waals surface area contributed by atoms with E-state index in [4.69, 9.17) is 11.6 Å². The highest BCUT2D eigenvalue weighted by Gasteiger charge is 2.34. The van der Waals surface area contributed by atoms with Crippen LogP contribution in [-0.4, -0.2) is 6.17 Å². The van der Waals surface area contributed by atoms with E-state index < -0.39 is 6.17 Å². The van der Waals surface area contributed by atoms with E-state index in [9.17, 15) is 0 Å². The zero-order chi connectivity index (χ0) is 27.5. The number of alkyl halides is 1. The quantitative estimate of drug-likeness (QED) is 0.204. The molecule has 2 aliphatic carbocycles.